The first-order valence-electron chi connectivity index (χ1n) is 17.6. The quantitative estimate of drug-likeness (QED) is 0.139. The van der Waals surface area contributed by atoms with Gasteiger partial charge in [0.15, 0.2) is 5.69 Å². The summed E-state index contributed by atoms with van der Waals surface area (Å²) in [6.07, 6.45) is 0. The second-order valence-corrected chi connectivity index (χ2v) is 14.3. The predicted octanol–water partition coefficient (Wildman–Crippen LogP) is 13.6. The number of quaternary nitrogens is 1. The van der Waals surface area contributed by atoms with Crippen molar-refractivity contribution in [1.29, 1.82) is 0 Å². The molecule has 0 aromatic heterocycles. The Morgan fingerprint density at radius 3 is 1.41 bits per heavy atom. The number of hydrogen-bond acceptors (Lipinski definition) is 4. The Balaban J connectivity index is 1.32. The fourth-order valence-electron chi connectivity index (χ4n) is 7.80. The summed E-state index contributed by atoms with van der Waals surface area (Å²) in [5.74, 6) is 0. The third kappa shape index (κ3) is 5.05. The summed E-state index contributed by atoms with van der Waals surface area (Å²) in [5, 5.41) is 15.0. The summed E-state index contributed by atoms with van der Waals surface area (Å²) >= 11 is 0. The zero-order valence-corrected chi connectivity index (χ0v) is 29.0. The number of rotatable bonds is 5. The monoisotopic (exact) mass is 662 g/mol. The molecular weight excluding hydrogens is 623 g/mol. The maximum absolute atomic E-state index is 3.85. The van der Waals surface area contributed by atoms with Crippen LogP contribution < -0.4 is 25.8 Å². The zero-order chi connectivity index (χ0) is 34.6. The number of hydrogen-bond donors (Lipinski definition) is 4. The fraction of sp³-hybridized carbons (Fsp3) is 0.0870. The van der Waals surface area contributed by atoms with E-state index in [0.717, 1.165) is 68.2 Å². The van der Waals surface area contributed by atoms with Gasteiger partial charge in [-0.25, -0.2) is 0 Å². The minimum atomic E-state index is -0.175. The van der Waals surface area contributed by atoms with Gasteiger partial charge in [-0.2, -0.15) is 4.48 Å². The van der Waals surface area contributed by atoms with Gasteiger partial charge in [0.2, 0.25) is 0 Å². The molecule has 0 aliphatic carbocycles. The van der Waals surface area contributed by atoms with E-state index < -0.39 is 0 Å². The van der Waals surface area contributed by atoms with Crippen LogP contribution in [0.2, 0.25) is 0 Å². The molecule has 2 heterocycles. The van der Waals surface area contributed by atoms with Crippen molar-refractivity contribution in [3.8, 4) is 11.1 Å². The van der Waals surface area contributed by atoms with Gasteiger partial charge in [-0.1, -0.05) is 99.6 Å². The maximum Gasteiger partial charge on any atom is 0.174 e. The van der Waals surface area contributed by atoms with Crippen molar-refractivity contribution in [2.75, 3.05) is 21.3 Å². The largest absolute Gasteiger partial charge is 0.352 e. The molecule has 0 bridgehead atoms. The fourth-order valence-corrected chi connectivity index (χ4v) is 7.80. The molecule has 2 aliphatic rings. The molecule has 0 unspecified atom stereocenters. The predicted molar refractivity (Wildman–Crippen MR) is 217 cm³/mol. The minimum Gasteiger partial charge on any atom is -0.352 e. The van der Waals surface area contributed by atoms with Gasteiger partial charge in [0.1, 0.15) is 22.7 Å². The van der Waals surface area contributed by atoms with E-state index in [4.69, 9.17) is 0 Å². The van der Waals surface area contributed by atoms with E-state index in [1.165, 1.54) is 16.7 Å². The van der Waals surface area contributed by atoms with E-state index in [-0.39, 0.29) is 5.41 Å². The maximum atomic E-state index is 3.85. The summed E-state index contributed by atoms with van der Waals surface area (Å²) in [5.41, 5.74) is 16.6. The molecule has 0 saturated carbocycles. The van der Waals surface area contributed by atoms with E-state index in [1.54, 1.807) is 0 Å². The Hall–Kier alpha value is -6.30. The topological polar surface area (TPSA) is 48.1 Å². The highest BCUT2D eigenvalue weighted by Crippen LogP contribution is 2.58. The van der Waals surface area contributed by atoms with Crippen LogP contribution in [-0.2, 0) is 5.41 Å². The number of nitrogens with one attached hydrogen (secondary N) is 4. The van der Waals surface area contributed by atoms with E-state index in [0.29, 0.717) is 4.48 Å². The van der Waals surface area contributed by atoms with Crippen LogP contribution in [0.4, 0.5) is 68.2 Å². The minimum absolute atomic E-state index is 0.175. The molecule has 7 aromatic carbocycles. The molecule has 0 atom stereocenters. The number of fused-ring (bicyclic) bond motifs is 4. The third-order valence-electron chi connectivity index (χ3n) is 10.2. The van der Waals surface area contributed by atoms with Gasteiger partial charge in [-0.3, -0.25) is 0 Å². The van der Waals surface area contributed by atoms with Gasteiger partial charge >= 0.3 is 0 Å². The first-order chi connectivity index (χ1) is 24.9. The molecule has 9 rings (SSSR count). The summed E-state index contributed by atoms with van der Waals surface area (Å²) in [6.45, 7) is 6.95. The smallest absolute Gasteiger partial charge is 0.174 e. The Labute approximate surface area is 299 Å². The molecule has 51 heavy (non-hydrogen) atoms. The molecular formula is C46H40N5+. The lowest BCUT2D eigenvalue weighted by atomic mass is 9.80. The molecule has 248 valence electrons. The lowest BCUT2D eigenvalue weighted by Gasteiger charge is -2.40. The number of para-hydroxylation sites is 8. The lowest BCUT2D eigenvalue weighted by molar-refractivity contribution is 0.589. The zero-order valence-electron chi connectivity index (χ0n) is 29.0. The molecule has 0 spiro atoms. The SMILES string of the molecule is CC(C)(C)c1cc([N+](c2ccccc2)(c2ccccc2)c2cccc3c2Nc2ccccc2N3)ccc1-c1cccc2c1Nc1ccccc1N2. The number of benzene rings is 7. The first-order valence-corrected chi connectivity index (χ1v) is 17.6. The normalized spacial score (nSPS) is 12.8. The van der Waals surface area contributed by atoms with Gasteiger partial charge < -0.3 is 21.3 Å². The van der Waals surface area contributed by atoms with Crippen LogP contribution >= 0.6 is 0 Å². The highest BCUT2D eigenvalue weighted by molar-refractivity contribution is 6.01. The van der Waals surface area contributed by atoms with E-state index in [2.05, 4.69) is 206 Å². The second-order valence-electron chi connectivity index (χ2n) is 14.3. The first kappa shape index (κ1) is 30.7. The highest BCUT2D eigenvalue weighted by atomic mass is 15.4. The van der Waals surface area contributed by atoms with Gasteiger partial charge in [-0.05, 0) is 59.0 Å². The van der Waals surface area contributed by atoms with Crippen molar-refractivity contribution in [2.45, 2.75) is 26.2 Å². The Morgan fingerprint density at radius 2 is 0.843 bits per heavy atom. The summed E-state index contributed by atoms with van der Waals surface area (Å²) < 4.78 is 0.380. The second kappa shape index (κ2) is 11.9. The molecule has 0 amide bonds. The number of nitrogens with zero attached hydrogens (tertiary/aromatic N) is 1. The third-order valence-corrected chi connectivity index (χ3v) is 10.2. The van der Waals surface area contributed by atoms with Crippen molar-refractivity contribution >= 4 is 68.2 Å². The van der Waals surface area contributed by atoms with Crippen LogP contribution in [0.5, 0.6) is 0 Å². The highest BCUT2D eigenvalue weighted by Gasteiger charge is 2.43. The van der Waals surface area contributed by atoms with E-state index in [1.807, 2.05) is 0 Å². The van der Waals surface area contributed by atoms with Crippen LogP contribution in [0.15, 0.2) is 164 Å². The molecule has 5 nitrogen and oxygen atoms in total. The average molecular weight is 663 g/mol. The molecule has 5 heteroatoms. The van der Waals surface area contributed by atoms with Gasteiger partial charge in [0.25, 0.3) is 0 Å². The Morgan fingerprint density at radius 1 is 0.373 bits per heavy atom. The summed E-state index contributed by atoms with van der Waals surface area (Å²) in [6, 6.07) is 58.8. The summed E-state index contributed by atoms with van der Waals surface area (Å²) in [7, 11) is 0. The molecule has 4 N–H and O–H groups in total. The van der Waals surface area contributed by atoms with Crippen LogP contribution in [0.25, 0.3) is 11.1 Å². The van der Waals surface area contributed by atoms with Gasteiger partial charge in [0.05, 0.1) is 39.8 Å². The van der Waals surface area contributed by atoms with Crippen LogP contribution in [0.3, 0.4) is 0 Å². The van der Waals surface area contributed by atoms with Crippen LogP contribution in [-0.4, -0.2) is 0 Å². The van der Waals surface area contributed by atoms with Crippen LogP contribution in [0, 0.1) is 0 Å². The van der Waals surface area contributed by atoms with E-state index >= 15 is 0 Å². The van der Waals surface area contributed by atoms with E-state index in [9.17, 15) is 0 Å². The Bertz CT molecular complexity index is 2370. The molecule has 2 aliphatic heterocycles. The van der Waals surface area contributed by atoms with Gasteiger partial charge in [-0.15, -0.1) is 0 Å². The van der Waals surface area contributed by atoms with Gasteiger partial charge in [0, 0.05) is 48.0 Å². The summed E-state index contributed by atoms with van der Waals surface area (Å²) in [4.78, 5) is 0. The molecule has 0 radical (unpaired) electrons. The van der Waals surface area contributed by atoms with Crippen molar-refractivity contribution in [3.05, 3.63) is 169 Å². The van der Waals surface area contributed by atoms with Crippen molar-refractivity contribution in [2.24, 2.45) is 0 Å². The van der Waals surface area contributed by atoms with Crippen LogP contribution in [0.1, 0.15) is 26.3 Å². The average Bonchev–Trinajstić information content (AvgIpc) is 3.17. The van der Waals surface area contributed by atoms with Crippen molar-refractivity contribution in [3.63, 3.8) is 0 Å². The van der Waals surface area contributed by atoms with Crippen molar-refractivity contribution < 1.29 is 0 Å². The molecule has 0 fully saturated rings. The molecule has 0 saturated heterocycles. The number of anilines is 8. The lowest BCUT2D eigenvalue weighted by Crippen LogP contribution is -2.34. The standard InChI is InChI=1S/C46H40N5/c1-46(2,3)36-30-33(28-29-34(36)35-20-14-25-41-44(35)49-39-23-12-10-21-37(39)47-41)51(31-16-6-4-7-17-31,32-18-8-5-9-19-32)43-27-15-26-42-45(43)50-40-24-13-11-22-38(40)48-42/h4-30,47-50H,1-3H3/q+1. The van der Waals surface area contributed by atoms with Crippen molar-refractivity contribution in [1.82, 2.24) is 4.48 Å². The Kier molecular flexibility index (Phi) is 7.19. The molecule has 7 aromatic rings.